The van der Waals surface area contributed by atoms with E-state index in [-0.39, 0.29) is 5.75 Å². The van der Waals surface area contributed by atoms with Crippen LogP contribution in [0, 0.1) is 17.2 Å². The molecule has 0 aliphatic heterocycles. The maximum atomic E-state index is 12.2. The van der Waals surface area contributed by atoms with Crippen molar-refractivity contribution in [1.29, 1.82) is 5.26 Å². The van der Waals surface area contributed by atoms with Crippen molar-refractivity contribution in [2.24, 2.45) is 5.92 Å². The summed E-state index contributed by atoms with van der Waals surface area (Å²) in [4.78, 5) is 0. The quantitative estimate of drug-likeness (QED) is 0.686. The first-order valence-corrected chi connectivity index (χ1v) is 8.63. The minimum Gasteiger partial charge on any atom is -0.380 e. The molecule has 0 amide bonds. The van der Waals surface area contributed by atoms with Gasteiger partial charge in [-0.3, -0.25) is 0 Å². The predicted molar refractivity (Wildman–Crippen MR) is 80.0 cm³/mol. The molecule has 1 aromatic carbocycles. The summed E-state index contributed by atoms with van der Waals surface area (Å²) in [5, 5.41) is 8.72. The molecule has 1 fully saturated rings. The molecular formula is C15H20N2O3S. The summed E-state index contributed by atoms with van der Waals surface area (Å²) in [5.41, 5.74) is 1.21. The van der Waals surface area contributed by atoms with E-state index < -0.39 is 10.0 Å². The van der Waals surface area contributed by atoms with Gasteiger partial charge in [-0.2, -0.15) is 5.26 Å². The van der Waals surface area contributed by atoms with Gasteiger partial charge in [0.15, 0.2) is 0 Å². The molecule has 114 valence electrons. The Hall–Kier alpha value is -1.42. The van der Waals surface area contributed by atoms with Crippen LogP contribution in [0.25, 0.3) is 0 Å². The van der Waals surface area contributed by atoms with Crippen LogP contribution in [-0.4, -0.2) is 39.5 Å². The Kier molecular flexibility index (Phi) is 5.34. The average Bonchev–Trinajstić information content (AvgIpc) is 3.28. The topological polar surface area (TPSA) is 70.4 Å². The van der Waals surface area contributed by atoms with E-state index in [2.05, 4.69) is 0 Å². The van der Waals surface area contributed by atoms with Crippen molar-refractivity contribution in [3.05, 3.63) is 35.4 Å². The minimum absolute atomic E-state index is 0.0577. The number of hydrogen-bond acceptors (Lipinski definition) is 4. The second-order valence-electron chi connectivity index (χ2n) is 5.40. The second-order valence-corrected chi connectivity index (χ2v) is 7.48. The molecule has 0 atom stereocenters. The van der Waals surface area contributed by atoms with Gasteiger partial charge < -0.3 is 4.74 Å². The number of rotatable bonds is 8. The summed E-state index contributed by atoms with van der Waals surface area (Å²) in [6, 6.07) is 8.62. The Balaban J connectivity index is 1.82. The van der Waals surface area contributed by atoms with Gasteiger partial charge in [-0.05, 0) is 36.5 Å². The molecule has 0 spiro atoms. The smallest absolute Gasteiger partial charge is 0.218 e. The number of hydrogen-bond donors (Lipinski definition) is 0. The number of likely N-dealkylation sites (N-methyl/N-ethyl adjacent to an activating group) is 1. The third-order valence-electron chi connectivity index (χ3n) is 3.51. The molecule has 0 unspecified atom stereocenters. The van der Waals surface area contributed by atoms with Crippen molar-refractivity contribution in [3.8, 4) is 6.07 Å². The maximum Gasteiger partial charge on any atom is 0.218 e. The van der Waals surface area contributed by atoms with Crippen LogP contribution in [0.1, 0.15) is 24.0 Å². The van der Waals surface area contributed by atoms with Gasteiger partial charge in [-0.1, -0.05) is 12.1 Å². The lowest BCUT2D eigenvalue weighted by atomic mass is 10.2. The molecule has 0 aromatic heterocycles. The summed E-state index contributed by atoms with van der Waals surface area (Å²) in [6.07, 6.45) is 2.46. The van der Waals surface area contributed by atoms with E-state index in [1.807, 2.05) is 6.07 Å². The fourth-order valence-corrected chi connectivity index (χ4v) is 3.05. The van der Waals surface area contributed by atoms with E-state index in [9.17, 15) is 8.42 Å². The Morgan fingerprint density at radius 1 is 1.33 bits per heavy atom. The minimum atomic E-state index is -3.35. The van der Waals surface area contributed by atoms with Gasteiger partial charge in [-0.25, -0.2) is 12.7 Å². The molecule has 0 N–H and O–H groups in total. The van der Waals surface area contributed by atoms with E-state index in [0.717, 1.165) is 6.61 Å². The van der Waals surface area contributed by atoms with E-state index in [4.69, 9.17) is 10.00 Å². The monoisotopic (exact) mass is 308 g/mol. The van der Waals surface area contributed by atoms with Crippen molar-refractivity contribution in [2.75, 3.05) is 26.8 Å². The summed E-state index contributed by atoms with van der Waals surface area (Å²) < 4.78 is 31.2. The lowest BCUT2D eigenvalue weighted by Crippen LogP contribution is -2.31. The van der Waals surface area contributed by atoms with Crippen molar-refractivity contribution < 1.29 is 13.2 Å². The maximum absolute atomic E-state index is 12.2. The Morgan fingerprint density at radius 3 is 2.57 bits per heavy atom. The summed E-state index contributed by atoms with van der Waals surface area (Å²) in [7, 11) is -1.78. The van der Waals surface area contributed by atoms with Gasteiger partial charge in [0, 0.05) is 20.2 Å². The van der Waals surface area contributed by atoms with Crippen LogP contribution in [0.15, 0.2) is 24.3 Å². The van der Waals surface area contributed by atoms with Gasteiger partial charge in [0.2, 0.25) is 10.0 Å². The third-order valence-corrected chi connectivity index (χ3v) is 5.34. The van der Waals surface area contributed by atoms with Crippen molar-refractivity contribution in [2.45, 2.75) is 18.6 Å². The first-order chi connectivity index (χ1) is 10.0. The summed E-state index contributed by atoms with van der Waals surface area (Å²) >= 11 is 0. The van der Waals surface area contributed by atoms with Gasteiger partial charge >= 0.3 is 0 Å². The molecule has 1 aliphatic carbocycles. The van der Waals surface area contributed by atoms with Crippen LogP contribution in [0.2, 0.25) is 0 Å². The zero-order valence-corrected chi connectivity index (χ0v) is 13.0. The van der Waals surface area contributed by atoms with Gasteiger partial charge in [0.1, 0.15) is 0 Å². The van der Waals surface area contributed by atoms with Crippen LogP contribution in [0.3, 0.4) is 0 Å². The molecule has 5 nitrogen and oxygen atoms in total. The molecule has 1 saturated carbocycles. The highest BCUT2D eigenvalue weighted by atomic mass is 32.2. The normalized spacial score (nSPS) is 15.1. The molecule has 0 saturated heterocycles. The molecule has 0 heterocycles. The van der Waals surface area contributed by atoms with Gasteiger partial charge in [0.05, 0.1) is 24.0 Å². The van der Waals surface area contributed by atoms with E-state index in [1.54, 1.807) is 31.3 Å². The van der Waals surface area contributed by atoms with Crippen LogP contribution in [0.4, 0.5) is 0 Å². The molecule has 2 rings (SSSR count). The number of nitriles is 1. The van der Waals surface area contributed by atoms with Crippen LogP contribution >= 0.6 is 0 Å². The highest BCUT2D eigenvalue weighted by Gasteiger charge is 2.22. The lowest BCUT2D eigenvalue weighted by Gasteiger charge is -2.17. The Labute approximate surface area is 126 Å². The van der Waals surface area contributed by atoms with E-state index in [1.165, 1.54) is 17.1 Å². The van der Waals surface area contributed by atoms with Crippen molar-refractivity contribution >= 4 is 10.0 Å². The predicted octanol–water partition coefficient (Wildman–Crippen LogP) is 1.75. The molecule has 0 bridgehead atoms. The number of sulfonamides is 1. The molecule has 21 heavy (non-hydrogen) atoms. The third kappa shape index (κ3) is 5.12. The van der Waals surface area contributed by atoms with Gasteiger partial charge in [-0.15, -0.1) is 0 Å². The molecule has 1 aliphatic rings. The fraction of sp³-hybridized carbons (Fsp3) is 0.533. The molecular weight excluding hydrogens is 288 g/mol. The summed E-state index contributed by atoms with van der Waals surface area (Å²) in [5.74, 6) is 0.628. The molecule has 1 aromatic rings. The molecule has 0 radical (unpaired) electrons. The van der Waals surface area contributed by atoms with E-state index in [0.29, 0.717) is 30.2 Å². The average molecular weight is 308 g/mol. The van der Waals surface area contributed by atoms with Crippen LogP contribution < -0.4 is 0 Å². The Bertz CT molecular complexity index is 601. The zero-order chi connectivity index (χ0) is 15.3. The number of benzene rings is 1. The SMILES string of the molecule is CN(CCOCC1CC1)S(=O)(=O)Cc1ccc(C#N)cc1. The van der Waals surface area contributed by atoms with Crippen LogP contribution in [-0.2, 0) is 20.5 Å². The summed E-state index contributed by atoms with van der Waals surface area (Å²) in [6.45, 7) is 1.54. The highest BCUT2D eigenvalue weighted by molar-refractivity contribution is 7.88. The van der Waals surface area contributed by atoms with Crippen LogP contribution in [0.5, 0.6) is 0 Å². The molecule has 6 heteroatoms. The fourth-order valence-electron chi connectivity index (χ4n) is 1.86. The second kappa shape index (κ2) is 7.03. The zero-order valence-electron chi connectivity index (χ0n) is 12.2. The first-order valence-electron chi connectivity index (χ1n) is 7.02. The van der Waals surface area contributed by atoms with Crippen molar-refractivity contribution in [1.82, 2.24) is 4.31 Å². The highest BCUT2D eigenvalue weighted by Crippen LogP contribution is 2.28. The van der Waals surface area contributed by atoms with Crippen molar-refractivity contribution in [3.63, 3.8) is 0 Å². The standard InChI is InChI=1S/C15H20N2O3S/c1-17(8-9-20-11-14-4-5-14)21(18,19)12-15-6-2-13(10-16)3-7-15/h2-3,6-7,14H,4-5,8-9,11-12H2,1H3. The van der Waals surface area contributed by atoms with Gasteiger partial charge in [0.25, 0.3) is 0 Å². The first kappa shape index (κ1) is 16.0. The largest absolute Gasteiger partial charge is 0.380 e. The van der Waals surface area contributed by atoms with E-state index >= 15 is 0 Å². The number of ether oxygens (including phenoxy) is 1. The lowest BCUT2D eigenvalue weighted by molar-refractivity contribution is 0.117. The Morgan fingerprint density at radius 2 is 2.00 bits per heavy atom. The number of nitrogens with zero attached hydrogens (tertiary/aromatic N) is 2.